The zero-order chi connectivity index (χ0) is 38.6. The fourth-order valence-corrected chi connectivity index (χ4v) is 8.79. The Bertz CT molecular complexity index is 1690. The van der Waals surface area contributed by atoms with Crippen LogP contribution in [0.25, 0.3) is 0 Å². The molecule has 1 aliphatic carbocycles. The molecule has 1 aromatic rings. The van der Waals surface area contributed by atoms with Crippen LogP contribution in [0.5, 0.6) is 0 Å². The Kier molecular flexibility index (Phi) is 12.6. The third-order valence-electron chi connectivity index (χ3n) is 11.9. The molecule has 0 unspecified atom stereocenters. The molecule has 11 nitrogen and oxygen atoms in total. The van der Waals surface area contributed by atoms with Crippen molar-refractivity contribution in [3.63, 3.8) is 0 Å². The molecular formula is C43H56N2O9. The second kappa shape index (κ2) is 17.0. The summed E-state index contributed by atoms with van der Waals surface area (Å²) in [4.78, 5) is 26.0. The van der Waals surface area contributed by atoms with E-state index >= 15 is 0 Å². The minimum Gasteiger partial charge on any atom is -0.462 e. The highest BCUT2D eigenvalue weighted by molar-refractivity contribution is 5.92. The number of esters is 1. The zero-order valence-electron chi connectivity index (χ0n) is 32.2. The molecule has 4 aliphatic heterocycles. The van der Waals surface area contributed by atoms with E-state index in [1.165, 1.54) is 0 Å². The fraction of sp³-hybridized carbons (Fsp3) is 0.605. The van der Waals surface area contributed by atoms with Crippen molar-refractivity contribution in [1.29, 1.82) is 5.26 Å². The number of nitrogens with one attached hydrogen (secondary N) is 1. The molecule has 4 heterocycles. The number of benzene rings is 1. The van der Waals surface area contributed by atoms with E-state index in [0.29, 0.717) is 61.5 Å². The summed E-state index contributed by atoms with van der Waals surface area (Å²) in [6, 6.07) is 9.37. The summed E-state index contributed by atoms with van der Waals surface area (Å²) in [6.45, 7) is 10.7. The quantitative estimate of drug-likeness (QED) is 0.223. The Hall–Kier alpha value is -3.63. The molecule has 5 aliphatic rings. The van der Waals surface area contributed by atoms with Crippen LogP contribution in [0.3, 0.4) is 0 Å². The smallest absolute Gasteiger partial charge is 0.316 e. The van der Waals surface area contributed by atoms with Gasteiger partial charge in [-0.2, -0.15) is 5.26 Å². The topological polar surface area (TPSA) is 157 Å². The van der Waals surface area contributed by atoms with Crippen molar-refractivity contribution in [2.24, 2.45) is 17.8 Å². The molecule has 0 radical (unpaired) electrons. The van der Waals surface area contributed by atoms with Gasteiger partial charge in [-0.3, -0.25) is 9.59 Å². The molecule has 2 bridgehead atoms. The van der Waals surface area contributed by atoms with Gasteiger partial charge in [0, 0.05) is 30.9 Å². The van der Waals surface area contributed by atoms with Crippen molar-refractivity contribution in [3.8, 4) is 6.07 Å². The maximum absolute atomic E-state index is 14.1. The lowest BCUT2D eigenvalue weighted by Gasteiger charge is -2.50. The summed E-state index contributed by atoms with van der Waals surface area (Å²) in [6.07, 6.45) is 10.8. The highest BCUT2D eigenvalue weighted by Crippen LogP contribution is 2.47. The molecule has 1 aromatic carbocycles. The Balaban J connectivity index is 1.28. The highest BCUT2D eigenvalue weighted by atomic mass is 16.7. The summed E-state index contributed by atoms with van der Waals surface area (Å²) in [5.41, 5.74) is 2.00. The number of allylic oxidation sites excluding steroid dienone is 2. The van der Waals surface area contributed by atoms with Crippen molar-refractivity contribution in [3.05, 3.63) is 76.9 Å². The zero-order valence-corrected chi connectivity index (χ0v) is 32.2. The van der Waals surface area contributed by atoms with Gasteiger partial charge in [0.15, 0.2) is 5.79 Å². The first-order valence-electron chi connectivity index (χ1n) is 19.5. The second-order valence-corrected chi connectivity index (χ2v) is 15.9. The van der Waals surface area contributed by atoms with Crippen molar-refractivity contribution >= 4 is 17.6 Å². The van der Waals surface area contributed by atoms with Crippen LogP contribution in [0.4, 0.5) is 5.69 Å². The number of hydrogen-bond acceptors (Lipinski definition) is 10. The van der Waals surface area contributed by atoms with Crippen LogP contribution in [0.1, 0.15) is 85.1 Å². The molecule has 3 saturated heterocycles. The average Bonchev–Trinajstić information content (AvgIpc) is 3.48. The van der Waals surface area contributed by atoms with E-state index in [9.17, 15) is 19.8 Å². The first-order chi connectivity index (χ1) is 25.9. The van der Waals surface area contributed by atoms with Crippen molar-refractivity contribution in [1.82, 2.24) is 0 Å². The average molecular weight is 745 g/mol. The number of nitrogens with zero attached hydrogens (tertiary/aromatic N) is 1. The molecule has 54 heavy (non-hydrogen) atoms. The largest absolute Gasteiger partial charge is 0.462 e. The summed E-state index contributed by atoms with van der Waals surface area (Å²) in [5, 5.41) is 34.9. The number of fused-ring (bicyclic) bond motifs is 2. The Morgan fingerprint density at radius 3 is 2.65 bits per heavy atom. The van der Waals surface area contributed by atoms with Gasteiger partial charge in [0.05, 0.1) is 37.6 Å². The normalized spacial score (nSPS) is 39.5. The molecule has 0 saturated carbocycles. The predicted octanol–water partition coefficient (Wildman–Crippen LogP) is 6.01. The van der Waals surface area contributed by atoms with E-state index in [1.807, 2.05) is 42.5 Å². The SMILES string of the molecule is CC[C@H]1O[C@]2(CC[C@@H]1C)C[C@@H]1C[C@@H](C/C=C(\C)[C@H](OCCc3ccc(NC(=O)CC#N)cc3)[C@@H](C)/C=C/C=C3\CO[C@H]4[C@H](O)C(C)=C[C@@H](C(=O)O1)[C@]34O)O2. The van der Waals surface area contributed by atoms with Crippen LogP contribution in [0.2, 0.25) is 0 Å². The minimum absolute atomic E-state index is 0.0307. The number of hydrogen-bond donors (Lipinski definition) is 3. The highest BCUT2D eigenvalue weighted by Gasteiger charge is 2.60. The Morgan fingerprint density at radius 2 is 1.91 bits per heavy atom. The molecular weight excluding hydrogens is 688 g/mol. The number of carbonyl (C=O) groups excluding carboxylic acids is 2. The molecule has 292 valence electrons. The van der Waals surface area contributed by atoms with Gasteiger partial charge >= 0.3 is 5.97 Å². The van der Waals surface area contributed by atoms with Gasteiger partial charge in [0.2, 0.25) is 5.91 Å². The summed E-state index contributed by atoms with van der Waals surface area (Å²) < 4.78 is 32.5. The van der Waals surface area contributed by atoms with Crippen molar-refractivity contribution < 1.29 is 43.5 Å². The lowest BCUT2D eigenvalue weighted by Crippen LogP contribution is -2.58. The molecule has 1 spiro atoms. The van der Waals surface area contributed by atoms with Crippen LogP contribution in [-0.2, 0) is 39.7 Å². The molecule has 0 aromatic heterocycles. The molecule has 11 heteroatoms. The number of rotatable bonds is 7. The number of nitriles is 1. The van der Waals surface area contributed by atoms with E-state index in [2.05, 4.69) is 39.1 Å². The monoisotopic (exact) mass is 744 g/mol. The van der Waals surface area contributed by atoms with E-state index in [-0.39, 0.29) is 43.2 Å². The van der Waals surface area contributed by atoms with Crippen LogP contribution in [0.15, 0.2) is 71.4 Å². The van der Waals surface area contributed by atoms with Gasteiger partial charge in [-0.1, -0.05) is 63.3 Å². The molecule has 3 fully saturated rings. The van der Waals surface area contributed by atoms with E-state index < -0.39 is 41.6 Å². The predicted molar refractivity (Wildman–Crippen MR) is 202 cm³/mol. The first-order valence-corrected chi connectivity index (χ1v) is 19.5. The van der Waals surface area contributed by atoms with Gasteiger partial charge in [-0.15, -0.1) is 0 Å². The maximum atomic E-state index is 14.1. The van der Waals surface area contributed by atoms with E-state index in [4.69, 9.17) is 28.9 Å². The number of aliphatic hydroxyl groups is 2. The maximum Gasteiger partial charge on any atom is 0.316 e. The summed E-state index contributed by atoms with van der Waals surface area (Å²) >= 11 is 0. The van der Waals surface area contributed by atoms with Crippen molar-refractivity contribution in [2.75, 3.05) is 18.5 Å². The van der Waals surface area contributed by atoms with Crippen LogP contribution in [-0.4, -0.2) is 83.3 Å². The number of anilines is 1. The third kappa shape index (κ3) is 8.60. The van der Waals surface area contributed by atoms with Gasteiger partial charge in [-0.05, 0) is 79.9 Å². The van der Waals surface area contributed by atoms with E-state index in [0.717, 1.165) is 24.0 Å². The number of aliphatic hydroxyl groups excluding tert-OH is 1. The Morgan fingerprint density at radius 1 is 1.13 bits per heavy atom. The van der Waals surface area contributed by atoms with Gasteiger partial charge in [-0.25, -0.2) is 0 Å². The summed E-state index contributed by atoms with van der Waals surface area (Å²) in [5.74, 6) is -2.53. The van der Waals surface area contributed by atoms with Gasteiger partial charge < -0.3 is 39.2 Å². The van der Waals surface area contributed by atoms with E-state index in [1.54, 1.807) is 19.1 Å². The number of amides is 1. The number of carbonyl (C=O) groups is 2. The lowest BCUT2D eigenvalue weighted by atomic mass is 9.71. The van der Waals surface area contributed by atoms with Crippen LogP contribution >= 0.6 is 0 Å². The first kappa shape index (κ1) is 40.0. The van der Waals surface area contributed by atoms with Crippen molar-refractivity contribution in [2.45, 2.75) is 134 Å². The molecule has 3 N–H and O–H groups in total. The van der Waals surface area contributed by atoms with Gasteiger partial charge in [0.1, 0.15) is 36.3 Å². The Labute approximate surface area is 319 Å². The third-order valence-corrected chi connectivity index (χ3v) is 11.9. The fourth-order valence-electron chi connectivity index (χ4n) is 8.79. The molecule has 11 atom stereocenters. The number of ether oxygens (including phenoxy) is 5. The molecule has 6 rings (SSSR count). The van der Waals surface area contributed by atoms with Gasteiger partial charge in [0.25, 0.3) is 0 Å². The van der Waals surface area contributed by atoms with Crippen LogP contribution in [0, 0.1) is 29.1 Å². The second-order valence-electron chi connectivity index (χ2n) is 15.9. The molecule has 1 amide bonds. The standard InChI is InChI=1S/C43H56N2O9/c1-6-36-26(2)16-19-42(54-36)24-34-23-33(53-42)15-10-28(4)39(50-21-18-30-11-13-32(14-12-30)45-37(46)17-20-44)27(3)8-7-9-31-25-51-40-38(47)29(5)22-35(41(48)52-34)43(31,40)49/h7-14,22,26-27,33-36,38-40,47,49H,6,15-19,21,23-25H2,1-5H3,(H,45,46)/b8-7+,28-10+,31-9+/t26-,27-,33+,34-,35-,36+,38+,39+,40-,42+,43+/m0/s1. The summed E-state index contributed by atoms with van der Waals surface area (Å²) in [7, 11) is 0. The lowest BCUT2D eigenvalue weighted by molar-refractivity contribution is -0.335. The minimum atomic E-state index is -1.78. The van der Waals surface area contributed by atoms with Crippen LogP contribution < -0.4 is 5.32 Å².